The molecule has 3 atom stereocenters. The molecule has 2 N–H and O–H groups in total. The minimum atomic E-state index is -0.727. The maximum Gasteiger partial charge on any atom is 0.408 e. The number of aliphatic hydroxyl groups is 1. The molecule has 1 aliphatic heterocycles. The Morgan fingerprint density at radius 1 is 0.938 bits per heavy atom. The molecule has 0 aromatic heterocycles. The van der Waals surface area contributed by atoms with Gasteiger partial charge in [-0.3, -0.25) is 0 Å². The topological polar surface area (TPSA) is 77.0 Å². The number of hydrogen-bond acceptors (Lipinski definition) is 5. The highest BCUT2D eigenvalue weighted by atomic mass is 16.8. The van der Waals surface area contributed by atoms with Gasteiger partial charge in [0.1, 0.15) is 11.7 Å². The summed E-state index contributed by atoms with van der Waals surface area (Å²) in [7, 11) is 0. The molecule has 0 radical (unpaired) electrons. The largest absolute Gasteiger partial charge is 0.444 e. The Morgan fingerprint density at radius 2 is 1.44 bits per heavy atom. The van der Waals surface area contributed by atoms with Crippen LogP contribution in [0.3, 0.4) is 0 Å². The molecule has 0 aromatic rings. The molecule has 0 bridgehead atoms. The molecular weight excluding hydrogens is 406 g/mol. The summed E-state index contributed by atoms with van der Waals surface area (Å²) in [5.41, 5.74) is -0.592. The molecule has 6 nitrogen and oxygen atoms in total. The number of alkyl carbamates (subject to hydrolysis) is 1. The number of carbonyl (C=O) groups is 1. The van der Waals surface area contributed by atoms with Crippen molar-refractivity contribution in [1.29, 1.82) is 0 Å². The van der Waals surface area contributed by atoms with E-state index in [1.807, 2.05) is 34.6 Å². The van der Waals surface area contributed by atoms with E-state index in [9.17, 15) is 9.90 Å². The van der Waals surface area contributed by atoms with E-state index in [0.29, 0.717) is 0 Å². The van der Waals surface area contributed by atoms with Crippen LogP contribution >= 0.6 is 0 Å². The van der Waals surface area contributed by atoms with Gasteiger partial charge in [0.2, 0.25) is 0 Å². The van der Waals surface area contributed by atoms with Crippen molar-refractivity contribution in [2.24, 2.45) is 0 Å². The van der Waals surface area contributed by atoms with Crippen LogP contribution in [-0.2, 0) is 14.2 Å². The Labute approximate surface area is 197 Å². The van der Waals surface area contributed by atoms with Crippen molar-refractivity contribution < 1.29 is 24.1 Å². The van der Waals surface area contributed by atoms with E-state index in [-0.39, 0.29) is 12.7 Å². The molecule has 0 aromatic carbocycles. The first-order chi connectivity index (χ1) is 15.1. The molecule has 0 aliphatic carbocycles. The molecule has 0 unspecified atom stereocenters. The lowest BCUT2D eigenvalue weighted by Gasteiger charge is -2.28. The van der Waals surface area contributed by atoms with Gasteiger partial charge in [0, 0.05) is 0 Å². The molecule has 1 amide bonds. The van der Waals surface area contributed by atoms with Gasteiger partial charge in [-0.1, -0.05) is 84.0 Å². The smallest absolute Gasteiger partial charge is 0.408 e. The van der Waals surface area contributed by atoms with Gasteiger partial charge < -0.3 is 24.6 Å². The lowest BCUT2D eigenvalue weighted by molar-refractivity contribution is -0.149. The Balaban J connectivity index is 2.30. The third-order valence-electron chi connectivity index (χ3n) is 5.86. The Bertz CT molecular complexity index is 503. The van der Waals surface area contributed by atoms with E-state index in [2.05, 4.69) is 12.2 Å². The first kappa shape index (κ1) is 29.2. The van der Waals surface area contributed by atoms with E-state index < -0.39 is 29.6 Å². The third kappa shape index (κ3) is 13.0. The molecule has 0 saturated carbocycles. The fourth-order valence-electron chi connectivity index (χ4n) is 4.30. The van der Waals surface area contributed by atoms with Crippen molar-refractivity contribution in [2.45, 2.75) is 155 Å². The van der Waals surface area contributed by atoms with Crippen LogP contribution in [0.5, 0.6) is 0 Å². The van der Waals surface area contributed by atoms with E-state index in [4.69, 9.17) is 14.2 Å². The van der Waals surface area contributed by atoms with E-state index in [0.717, 1.165) is 12.8 Å². The van der Waals surface area contributed by atoms with Crippen LogP contribution in [0.25, 0.3) is 0 Å². The molecule has 1 aliphatic rings. The summed E-state index contributed by atoms with van der Waals surface area (Å²) < 4.78 is 17.5. The molecule has 0 spiro atoms. The van der Waals surface area contributed by atoms with Crippen LogP contribution in [-0.4, -0.2) is 47.4 Å². The summed E-state index contributed by atoms with van der Waals surface area (Å²) in [6.45, 7) is 11.2. The van der Waals surface area contributed by atoms with Gasteiger partial charge in [-0.05, 0) is 41.0 Å². The van der Waals surface area contributed by atoms with Gasteiger partial charge in [-0.15, -0.1) is 0 Å². The highest BCUT2D eigenvalue weighted by Gasteiger charge is 2.45. The fraction of sp³-hybridized carbons (Fsp3) is 0.962. The van der Waals surface area contributed by atoms with Crippen LogP contribution in [0.1, 0.15) is 125 Å². The molecule has 1 rings (SSSR count). The number of nitrogens with one attached hydrogen (secondary N) is 1. The lowest BCUT2D eigenvalue weighted by atomic mass is 9.99. The van der Waals surface area contributed by atoms with Crippen LogP contribution in [0.4, 0.5) is 4.79 Å². The third-order valence-corrected chi connectivity index (χ3v) is 5.86. The summed E-state index contributed by atoms with van der Waals surface area (Å²) in [4.78, 5) is 12.2. The normalized spacial score (nSPS) is 21.5. The van der Waals surface area contributed by atoms with Crippen molar-refractivity contribution in [1.82, 2.24) is 5.32 Å². The first-order valence-electron chi connectivity index (χ1n) is 13.0. The van der Waals surface area contributed by atoms with Crippen LogP contribution in [0.15, 0.2) is 0 Å². The van der Waals surface area contributed by atoms with Gasteiger partial charge in [-0.2, -0.15) is 0 Å². The van der Waals surface area contributed by atoms with Gasteiger partial charge in [0.15, 0.2) is 5.79 Å². The zero-order chi connectivity index (χ0) is 24.0. The van der Waals surface area contributed by atoms with E-state index in [1.54, 1.807) is 0 Å². The summed E-state index contributed by atoms with van der Waals surface area (Å²) in [6, 6.07) is -0.561. The average molecular weight is 458 g/mol. The molecule has 32 heavy (non-hydrogen) atoms. The summed E-state index contributed by atoms with van der Waals surface area (Å²) in [5, 5.41) is 12.7. The Kier molecular flexibility index (Phi) is 13.8. The van der Waals surface area contributed by atoms with Crippen LogP contribution < -0.4 is 5.32 Å². The predicted molar refractivity (Wildman–Crippen MR) is 130 cm³/mol. The van der Waals surface area contributed by atoms with Crippen molar-refractivity contribution in [3.63, 3.8) is 0 Å². The number of hydrogen-bond donors (Lipinski definition) is 2. The summed E-state index contributed by atoms with van der Waals surface area (Å²) >= 11 is 0. The molecule has 6 heteroatoms. The summed E-state index contributed by atoms with van der Waals surface area (Å²) in [6.07, 6.45) is 15.5. The number of amides is 1. The Hall–Kier alpha value is -0.850. The number of ether oxygens (including phenoxy) is 3. The van der Waals surface area contributed by atoms with Gasteiger partial charge in [0.25, 0.3) is 0 Å². The highest BCUT2D eigenvalue weighted by molar-refractivity contribution is 5.68. The number of carbonyl (C=O) groups excluding carboxylic acids is 1. The van der Waals surface area contributed by atoms with E-state index in [1.165, 1.54) is 70.6 Å². The summed E-state index contributed by atoms with van der Waals surface area (Å²) in [5.74, 6) is -0.727. The van der Waals surface area contributed by atoms with Gasteiger partial charge in [0.05, 0.1) is 18.8 Å². The maximum absolute atomic E-state index is 12.2. The maximum atomic E-state index is 12.2. The van der Waals surface area contributed by atoms with Crippen molar-refractivity contribution in [3.8, 4) is 0 Å². The Morgan fingerprint density at radius 3 is 1.91 bits per heavy atom. The van der Waals surface area contributed by atoms with Gasteiger partial charge in [-0.25, -0.2) is 4.79 Å². The predicted octanol–water partition coefficient (Wildman–Crippen LogP) is 6.48. The molecule has 1 heterocycles. The average Bonchev–Trinajstić information content (AvgIpc) is 3.00. The zero-order valence-electron chi connectivity index (χ0n) is 21.7. The second-order valence-electron chi connectivity index (χ2n) is 10.8. The molecule has 190 valence electrons. The molecule has 1 saturated heterocycles. The zero-order valence-corrected chi connectivity index (χ0v) is 21.7. The minimum absolute atomic E-state index is 0.153. The van der Waals surface area contributed by atoms with Crippen molar-refractivity contribution >= 4 is 6.09 Å². The van der Waals surface area contributed by atoms with Gasteiger partial charge >= 0.3 is 6.09 Å². The first-order valence-corrected chi connectivity index (χ1v) is 13.0. The van der Waals surface area contributed by atoms with Crippen LogP contribution in [0.2, 0.25) is 0 Å². The highest BCUT2D eigenvalue weighted by Crippen LogP contribution is 2.33. The quantitative estimate of drug-likeness (QED) is 0.259. The van der Waals surface area contributed by atoms with E-state index >= 15 is 0 Å². The van der Waals surface area contributed by atoms with Crippen molar-refractivity contribution in [2.75, 3.05) is 6.61 Å². The monoisotopic (exact) mass is 457 g/mol. The van der Waals surface area contributed by atoms with Crippen LogP contribution in [0, 0.1) is 0 Å². The number of aliphatic hydroxyl groups excluding tert-OH is 1. The molecular formula is C26H51NO5. The second-order valence-corrected chi connectivity index (χ2v) is 10.8. The fourth-order valence-corrected chi connectivity index (χ4v) is 4.30. The molecule has 1 fully saturated rings. The lowest BCUT2D eigenvalue weighted by Crippen LogP contribution is -2.51. The second kappa shape index (κ2) is 15.1. The standard InChI is InChI=1S/C26H51NO5/c1-7-8-9-10-11-12-13-14-15-16-17-18-19-22-23(31-26(5,6)30-22)21(20-28)27-24(29)32-25(2,3)4/h21-23,28H,7-20H2,1-6H3,(H,27,29)/t21-,22-,23-/m0/s1. The van der Waals surface area contributed by atoms with Crippen molar-refractivity contribution in [3.05, 3.63) is 0 Å². The number of rotatable bonds is 16. The number of unbranched alkanes of at least 4 members (excludes halogenated alkanes) is 11. The SMILES string of the molecule is CCCCCCCCCCCCCC[C@@H]1OC(C)(C)O[C@H]1[C@H](CO)NC(=O)OC(C)(C)C. The minimum Gasteiger partial charge on any atom is -0.444 e.